The second-order valence-electron chi connectivity index (χ2n) is 5.80. The molecule has 0 radical (unpaired) electrons. The lowest BCUT2D eigenvalue weighted by Gasteiger charge is -2.26. The van der Waals surface area contributed by atoms with Crippen LogP contribution < -0.4 is 10.5 Å². The average molecular weight is 318 g/mol. The summed E-state index contributed by atoms with van der Waals surface area (Å²) in [5.41, 5.74) is 5.13. The smallest absolute Gasteiger partial charge is 0.246 e. The molecule has 3 N–H and O–H groups in total. The van der Waals surface area contributed by atoms with E-state index in [1.54, 1.807) is 0 Å². The van der Waals surface area contributed by atoms with Crippen LogP contribution in [-0.2, 0) is 10.0 Å². The van der Waals surface area contributed by atoms with Crippen molar-refractivity contribution in [3.63, 3.8) is 0 Å². The van der Waals surface area contributed by atoms with Crippen molar-refractivity contribution in [1.29, 1.82) is 0 Å². The lowest BCUT2D eigenvalue weighted by Crippen LogP contribution is -2.32. The maximum atomic E-state index is 13.7. The van der Waals surface area contributed by atoms with E-state index in [0.29, 0.717) is 5.92 Å². The van der Waals surface area contributed by atoms with Crippen molar-refractivity contribution < 1.29 is 17.2 Å². The zero-order valence-corrected chi connectivity index (χ0v) is 12.7. The number of nitrogen functional groups attached to an aromatic ring is 1. The summed E-state index contributed by atoms with van der Waals surface area (Å²) in [6.07, 6.45) is 4.05. The van der Waals surface area contributed by atoms with E-state index in [0.717, 1.165) is 37.8 Å². The van der Waals surface area contributed by atoms with Gasteiger partial charge in [-0.05, 0) is 36.8 Å². The topological polar surface area (TPSA) is 72.2 Å². The number of rotatable bonds is 4. The molecule has 1 aliphatic carbocycles. The summed E-state index contributed by atoms with van der Waals surface area (Å²) < 4.78 is 53.9. The summed E-state index contributed by atoms with van der Waals surface area (Å²) in [7, 11) is -4.21. The van der Waals surface area contributed by atoms with Gasteiger partial charge in [0.05, 0.1) is 0 Å². The molecule has 0 spiro atoms. The zero-order valence-electron chi connectivity index (χ0n) is 11.9. The van der Waals surface area contributed by atoms with E-state index in [4.69, 9.17) is 5.73 Å². The third-order valence-corrected chi connectivity index (χ3v) is 5.37. The summed E-state index contributed by atoms with van der Waals surface area (Å²) in [5.74, 6) is -1.57. The first-order valence-corrected chi connectivity index (χ1v) is 8.52. The molecule has 118 valence electrons. The normalized spacial score (nSPS) is 23.2. The maximum Gasteiger partial charge on any atom is 0.246 e. The summed E-state index contributed by atoms with van der Waals surface area (Å²) in [4.78, 5) is -0.958. The third kappa shape index (κ3) is 3.91. The molecule has 2 rings (SSSR count). The van der Waals surface area contributed by atoms with E-state index in [1.165, 1.54) is 0 Å². The van der Waals surface area contributed by atoms with Crippen LogP contribution in [0.5, 0.6) is 0 Å². The molecule has 1 aliphatic rings. The van der Waals surface area contributed by atoms with E-state index in [9.17, 15) is 17.2 Å². The molecular weight excluding hydrogens is 298 g/mol. The van der Waals surface area contributed by atoms with Crippen molar-refractivity contribution in [2.75, 3.05) is 12.3 Å². The average Bonchev–Trinajstić information content (AvgIpc) is 2.35. The first kappa shape index (κ1) is 16.2. The predicted octanol–water partition coefficient (Wildman–Crippen LogP) is 2.65. The lowest BCUT2D eigenvalue weighted by atomic mass is 9.83. The minimum absolute atomic E-state index is 0.148. The van der Waals surface area contributed by atoms with E-state index in [1.807, 2.05) is 0 Å². The summed E-state index contributed by atoms with van der Waals surface area (Å²) >= 11 is 0. The number of anilines is 1. The van der Waals surface area contributed by atoms with Gasteiger partial charge < -0.3 is 5.73 Å². The Hall–Kier alpha value is -1.21. The molecule has 1 saturated carbocycles. The van der Waals surface area contributed by atoms with Crippen molar-refractivity contribution in [3.8, 4) is 0 Å². The molecule has 1 aromatic carbocycles. The first-order chi connectivity index (χ1) is 9.79. The number of nitrogens with two attached hydrogens (primary N) is 1. The van der Waals surface area contributed by atoms with Gasteiger partial charge in [0.25, 0.3) is 0 Å². The van der Waals surface area contributed by atoms with Gasteiger partial charge >= 0.3 is 0 Å². The van der Waals surface area contributed by atoms with Gasteiger partial charge in [-0.1, -0.05) is 19.8 Å². The number of benzene rings is 1. The van der Waals surface area contributed by atoms with Gasteiger partial charge in [-0.2, -0.15) is 0 Å². The van der Waals surface area contributed by atoms with Crippen molar-refractivity contribution in [3.05, 3.63) is 23.8 Å². The van der Waals surface area contributed by atoms with Crippen LogP contribution in [0.15, 0.2) is 17.0 Å². The van der Waals surface area contributed by atoms with Crippen molar-refractivity contribution >= 4 is 15.7 Å². The highest BCUT2D eigenvalue weighted by Crippen LogP contribution is 2.28. The van der Waals surface area contributed by atoms with Gasteiger partial charge in [-0.3, -0.25) is 0 Å². The molecule has 0 amide bonds. The molecule has 0 aliphatic heterocycles. The predicted molar refractivity (Wildman–Crippen MR) is 77.1 cm³/mol. The molecule has 7 heteroatoms. The number of halogens is 2. The third-order valence-electron chi connectivity index (χ3n) is 3.90. The van der Waals surface area contributed by atoms with Crippen LogP contribution in [0.1, 0.15) is 32.6 Å². The summed E-state index contributed by atoms with van der Waals surface area (Å²) in [5, 5.41) is 0. The largest absolute Gasteiger partial charge is 0.399 e. The molecule has 2 unspecified atom stereocenters. The number of hydrogen-bond donors (Lipinski definition) is 2. The van der Waals surface area contributed by atoms with Gasteiger partial charge in [0, 0.05) is 12.2 Å². The van der Waals surface area contributed by atoms with E-state index in [-0.39, 0.29) is 18.2 Å². The fraction of sp³-hybridized carbons (Fsp3) is 0.571. The van der Waals surface area contributed by atoms with Gasteiger partial charge in [0.15, 0.2) is 4.90 Å². The number of sulfonamides is 1. The van der Waals surface area contributed by atoms with Crippen LogP contribution in [0.3, 0.4) is 0 Å². The minimum Gasteiger partial charge on any atom is -0.399 e. The molecule has 0 bridgehead atoms. The Labute approximate surface area is 123 Å². The molecule has 4 nitrogen and oxygen atoms in total. The molecule has 21 heavy (non-hydrogen) atoms. The van der Waals surface area contributed by atoms with Crippen molar-refractivity contribution in [1.82, 2.24) is 4.72 Å². The van der Waals surface area contributed by atoms with Gasteiger partial charge in [0.1, 0.15) is 11.6 Å². The zero-order chi connectivity index (χ0) is 15.6. The van der Waals surface area contributed by atoms with Crippen LogP contribution in [0.2, 0.25) is 0 Å². The Kier molecular flexibility index (Phi) is 4.83. The highest BCUT2D eigenvalue weighted by atomic mass is 32.2. The lowest BCUT2D eigenvalue weighted by molar-refractivity contribution is 0.283. The van der Waals surface area contributed by atoms with Gasteiger partial charge in [-0.15, -0.1) is 0 Å². The van der Waals surface area contributed by atoms with Crippen LogP contribution in [0.25, 0.3) is 0 Å². The molecule has 0 aromatic heterocycles. The Morgan fingerprint density at radius 1 is 1.29 bits per heavy atom. The van der Waals surface area contributed by atoms with Crippen LogP contribution in [0, 0.1) is 23.5 Å². The fourth-order valence-electron chi connectivity index (χ4n) is 2.88. The van der Waals surface area contributed by atoms with Crippen molar-refractivity contribution in [2.45, 2.75) is 37.5 Å². The monoisotopic (exact) mass is 318 g/mol. The fourth-order valence-corrected chi connectivity index (χ4v) is 4.11. The van der Waals surface area contributed by atoms with Crippen LogP contribution >= 0.6 is 0 Å². The SMILES string of the molecule is CC1CCCC(CNS(=O)(=O)c2c(F)cc(N)cc2F)C1. The van der Waals surface area contributed by atoms with E-state index in [2.05, 4.69) is 11.6 Å². The first-order valence-electron chi connectivity index (χ1n) is 7.04. The highest BCUT2D eigenvalue weighted by Gasteiger charge is 2.26. The molecule has 2 atom stereocenters. The molecule has 1 fully saturated rings. The van der Waals surface area contributed by atoms with Gasteiger partial charge in [0.2, 0.25) is 10.0 Å². The number of nitrogens with one attached hydrogen (secondary N) is 1. The maximum absolute atomic E-state index is 13.7. The Morgan fingerprint density at radius 2 is 1.90 bits per heavy atom. The number of hydrogen-bond acceptors (Lipinski definition) is 3. The molecule has 0 heterocycles. The Morgan fingerprint density at radius 3 is 2.48 bits per heavy atom. The molecule has 1 aromatic rings. The standard InChI is InChI=1S/C14H20F2N2O2S/c1-9-3-2-4-10(5-9)8-18-21(19,20)14-12(15)6-11(17)7-13(14)16/h6-7,9-10,18H,2-5,8,17H2,1H3. The van der Waals surface area contributed by atoms with Gasteiger partial charge in [-0.25, -0.2) is 21.9 Å². The molecule has 0 saturated heterocycles. The second kappa shape index (κ2) is 6.27. The van der Waals surface area contributed by atoms with E-state index >= 15 is 0 Å². The van der Waals surface area contributed by atoms with Crippen LogP contribution in [0.4, 0.5) is 14.5 Å². The highest BCUT2D eigenvalue weighted by molar-refractivity contribution is 7.89. The minimum atomic E-state index is -4.21. The summed E-state index contributed by atoms with van der Waals surface area (Å²) in [6.45, 7) is 2.33. The molecular formula is C14H20F2N2O2S. The quantitative estimate of drug-likeness (QED) is 0.838. The Bertz CT molecular complexity index is 596. The van der Waals surface area contributed by atoms with Crippen LogP contribution in [-0.4, -0.2) is 15.0 Å². The van der Waals surface area contributed by atoms with Crippen molar-refractivity contribution in [2.24, 2.45) is 11.8 Å². The Balaban J connectivity index is 2.12. The second-order valence-corrected chi connectivity index (χ2v) is 7.51. The van der Waals surface area contributed by atoms with E-state index < -0.39 is 26.6 Å². The summed E-state index contributed by atoms with van der Waals surface area (Å²) in [6, 6.07) is 1.61.